The predicted octanol–water partition coefficient (Wildman–Crippen LogP) is 2.39. The molecule has 31 heavy (non-hydrogen) atoms. The van der Waals surface area contributed by atoms with Crippen LogP contribution in [0.5, 0.6) is 0 Å². The van der Waals surface area contributed by atoms with Crippen molar-refractivity contribution >= 4 is 5.91 Å². The number of hydrogen-bond donors (Lipinski definition) is 3. The standard InChI is InChI=1S/C23H40N4O4/c1-7-11-31-17-10-8-9-16(12-17)23(3,4)26-22(28)19-21-25-15(2)20(30-6)18(13-29-5)27(21)14-24-19/h15-17,24-25H,7-14H2,1-6H3,(H,26,28). The van der Waals surface area contributed by atoms with Crippen molar-refractivity contribution < 1.29 is 19.0 Å². The SMILES string of the molecule is CCCOC1CCCC(C(C)(C)NC(=O)C2=C3NC(C)C(OC)=C(COC)N3CN2)C1. The van der Waals surface area contributed by atoms with Crippen molar-refractivity contribution in [3.05, 3.63) is 23.0 Å². The second-order valence-electron chi connectivity index (χ2n) is 9.33. The number of fused-ring (bicyclic) bond motifs is 1. The van der Waals surface area contributed by atoms with Crippen LogP contribution in [0.1, 0.15) is 59.8 Å². The Morgan fingerprint density at radius 3 is 2.74 bits per heavy atom. The van der Waals surface area contributed by atoms with E-state index in [1.54, 1.807) is 14.2 Å². The maximum Gasteiger partial charge on any atom is 0.271 e. The highest BCUT2D eigenvalue weighted by Gasteiger charge is 2.40. The van der Waals surface area contributed by atoms with Crippen LogP contribution in [0.4, 0.5) is 0 Å². The summed E-state index contributed by atoms with van der Waals surface area (Å²) in [5, 5.41) is 10.00. The molecule has 0 aromatic heterocycles. The maximum atomic E-state index is 13.3. The molecule has 0 radical (unpaired) electrons. The van der Waals surface area contributed by atoms with Crippen LogP contribution in [-0.2, 0) is 19.0 Å². The summed E-state index contributed by atoms with van der Waals surface area (Å²) in [6, 6.07) is -0.0491. The van der Waals surface area contributed by atoms with Gasteiger partial charge in [-0.3, -0.25) is 4.79 Å². The van der Waals surface area contributed by atoms with Gasteiger partial charge < -0.3 is 35.1 Å². The van der Waals surface area contributed by atoms with Crippen molar-refractivity contribution in [2.45, 2.75) is 77.5 Å². The first-order valence-electron chi connectivity index (χ1n) is 11.5. The minimum Gasteiger partial charge on any atom is -0.497 e. The van der Waals surface area contributed by atoms with Crippen molar-refractivity contribution in [2.24, 2.45) is 5.92 Å². The van der Waals surface area contributed by atoms with E-state index < -0.39 is 0 Å². The zero-order valence-corrected chi connectivity index (χ0v) is 20.0. The van der Waals surface area contributed by atoms with Crippen LogP contribution in [-0.4, -0.2) is 62.6 Å². The van der Waals surface area contributed by atoms with Gasteiger partial charge in [0.05, 0.1) is 38.2 Å². The van der Waals surface area contributed by atoms with Crippen molar-refractivity contribution in [1.82, 2.24) is 20.9 Å². The quantitative estimate of drug-likeness (QED) is 0.512. The van der Waals surface area contributed by atoms with Crippen LogP contribution >= 0.6 is 0 Å². The third-order valence-electron chi connectivity index (χ3n) is 6.65. The first-order valence-corrected chi connectivity index (χ1v) is 11.5. The molecule has 1 saturated carbocycles. The van der Waals surface area contributed by atoms with Crippen molar-refractivity contribution in [1.29, 1.82) is 0 Å². The molecule has 3 atom stereocenters. The van der Waals surface area contributed by atoms with E-state index in [0.717, 1.165) is 56.0 Å². The molecule has 2 heterocycles. The Balaban J connectivity index is 1.73. The lowest BCUT2D eigenvalue weighted by Crippen LogP contribution is -2.52. The van der Waals surface area contributed by atoms with E-state index in [0.29, 0.717) is 31.0 Å². The number of hydrogen-bond acceptors (Lipinski definition) is 7. The molecule has 8 nitrogen and oxygen atoms in total. The van der Waals surface area contributed by atoms with E-state index >= 15 is 0 Å². The molecule has 0 spiro atoms. The molecule has 0 saturated heterocycles. The number of carbonyl (C=O) groups excluding carboxylic acids is 1. The first kappa shape index (κ1) is 23.7. The molecule has 3 N–H and O–H groups in total. The van der Waals surface area contributed by atoms with Crippen LogP contribution < -0.4 is 16.0 Å². The summed E-state index contributed by atoms with van der Waals surface area (Å²) in [6.07, 6.45) is 5.69. The highest BCUT2D eigenvalue weighted by molar-refractivity contribution is 5.94. The summed E-state index contributed by atoms with van der Waals surface area (Å²) in [4.78, 5) is 15.4. The van der Waals surface area contributed by atoms with Crippen molar-refractivity contribution in [3.63, 3.8) is 0 Å². The highest BCUT2D eigenvalue weighted by atomic mass is 16.5. The fraction of sp³-hybridized carbons (Fsp3) is 0.783. The van der Waals surface area contributed by atoms with Crippen LogP contribution in [0.2, 0.25) is 0 Å². The fourth-order valence-corrected chi connectivity index (χ4v) is 4.95. The van der Waals surface area contributed by atoms with E-state index in [4.69, 9.17) is 14.2 Å². The van der Waals surface area contributed by atoms with Crippen LogP contribution in [0.15, 0.2) is 23.0 Å². The zero-order valence-electron chi connectivity index (χ0n) is 20.0. The average Bonchev–Trinajstić information content (AvgIpc) is 3.16. The largest absolute Gasteiger partial charge is 0.497 e. The van der Waals surface area contributed by atoms with Gasteiger partial charge in [0.15, 0.2) is 0 Å². The molecular formula is C23H40N4O4. The van der Waals surface area contributed by atoms with E-state index in [2.05, 4.69) is 36.7 Å². The number of carbonyl (C=O) groups is 1. The summed E-state index contributed by atoms with van der Waals surface area (Å²) in [5.41, 5.74) is 1.18. The normalized spacial score (nSPS) is 26.4. The predicted molar refractivity (Wildman–Crippen MR) is 120 cm³/mol. The Morgan fingerprint density at radius 2 is 2.06 bits per heavy atom. The molecule has 2 aliphatic heterocycles. The van der Waals surface area contributed by atoms with Gasteiger partial charge in [0, 0.05) is 19.3 Å². The van der Waals surface area contributed by atoms with Gasteiger partial charge >= 0.3 is 0 Å². The summed E-state index contributed by atoms with van der Waals surface area (Å²) in [7, 11) is 3.33. The van der Waals surface area contributed by atoms with Crippen LogP contribution in [0.3, 0.4) is 0 Å². The number of amides is 1. The third-order valence-corrected chi connectivity index (χ3v) is 6.65. The first-order chi connectivity index (χ1) is 14.8. The molecule has 1 aliphatic carbocycles. The average molecular weight is 437 g/mol. The van der Waals surface area contributed by atoms with Crippen LogP contribution in [0.25, 0.3) is 0 Å². The lowest BCUT2D eigenvalue weighted by atomic mass is 9.75. The van der Waals surface area contributed by atoms with E-state index in [-0.39, 0.29) is 17.5 Å². The van der Waals surface area contributed by atoms with Gasteiger partial charge in [0.1, 0.15) is 17.3 Å². The van der Waals surface area contributed by atoms with Crippen molar-refractivity contribution in [3.8, 4) is 0 Å². The Labute approximate surface area is 186 Å². The van der Waals surface area contributed by atoms with Gasteiger partial charge in [0.25, 0.3) is 5.91 Å². The van der Waals surface area contributed by atoms with E-state index in [9.17, 15) is 4.79 Å². The molecule has 3 aliphatic rings. The van der Waals surface area contributed by atoms with Gasteiger partial charge in [-0.2, -0.15) is 0 Å². The topological polar surface area (TPSA) is 84.1 Å². The molecule has 3 rings (SSSR count). The minimum atomic E-state index is -0.322. The molecule has 8 heteroatoms. The van der Waals surface area contributed by atoms with Gasteiger partial charge in [-0.1, -0.05) is 13.3 Å². The Morgan fingerprint density at radius 1 is 1.29 bits per heavy atom. The zero-order chi connectivity index (χ0) is 22.6. The van der Waals surface area contributed by atoms with Gasteiger partial charge in [0.2, 0.25) is 0 Å². The number of nitrogens with one attached hydrogen (secondary N) is 3. The third kappa shape index (κ3) is 5.12. The van der Waals surface area contributed by atoms with Gasteiger partial charge in [-0.05, 0) is 52.4 Å². The number of rotatable bonds is 9. The van der Waals surface area contributed by atoms with Crippen molar-refractivity contribution in [2.75, 3.05) is 34.1 Å². The fourth-order valence-electron chi connectivity index (χ4n) is 4.95. The molecule has 0 bridgehead atoms. The second kappa shape index (κ2) is 10.1. The molecule has 3 unspecified atom stereocenters. The van der Waals surface area contributed by atoms with E-state index in [1.165, 1.54) is 0 Å². The van der Waals surface area contributed by atoms with Crippen LogP contribution in [0, 0.1) is 5.92 Å². The lowest BCUT2D eigenvalue weighted by molar-refractivity contribution is -0.120. The monoisotopic (exact) mass is 436 g/mol. The van der Waals surface area contributed by atoms with Gasteiger partial charge in [-0.25, -0.2) is 0 Å². The maximum absolute atomic E-state index is 13.3. The minimum absolute atomic E-state index is 0.0491. The molecular weight excluding hydrogens is 396 g/mol. The molecule has 176 valence electrons. The molecule has 1 amide bonds. The molecule has 0 aromatic carbocycles. The van der Waals surface area contributed by atoms with Gasteiger partial charge in [-0.15, -0.1) is 0 Å². The highest BCUT2D eigenvalue weighted by Crippen LogP contribution is 2.35. The Bertz CT molecular complexity index is 718. The number of ether oxygens (including phenoxy) is 3. The summed E-state index contributed by atoms with van der Waals surface area (Å²) in [6.45, 7) is 10.2. The molecule has 1 fully saturated rings. The number of nitrogens with zero attached hydrogens (tertiary/aromatic N) is 1. The Hall–Kier alpha value is -1.93. The Kier molecular flexibility index (Phi) is 7.75. The summed E-state index contributed by atoms with van der Waals surface area (Å²) in [5.74, 6) is 1.91. The summed E-state index contributed by atoms with van der Waals surface area (Å²) < 4.78 is 17.0. The molecule has 0 aromatic rings. The number of methoxy groups -OCH3 is 2. The van der Waals surface area contributed by atoms with E-state index in [1.807, 2.05) is 11.8 Å². The lowest BCUT2D eigenvalue weighted by Gasteiger charge is -2.40. The second-order valence-corrected chi connectivity index (χ2v) is 9.33. The summed E-state index contributed by atoms with van der Waals surface area (Å²) >= 11 is 0. The smallest absolute Gasteiger partial charge is 0.271 e.